The van der Waals surface area contributed by atoms with E-state index in [4.69, 9.17) is 4.74 Å². The lowest BCUT2D eigenvalue weighted by Gasteiger charge is -2.27. The molecular weight excluding hydrogens is 294 g/mol. The molecule has 3 unspecified atom stereocenters. The van der Waals surface area contributed by atoms with Gasteiger partial charge in [-0.2, -0.15) is 0 Å². The number of hydrogen-bond donors (Lipinski definition) is 2. The van der Waals surface area contributed by atoms with Crippen LogP contribution in [0.2, 0.25) is 0 Å². The number of rotatable bonds is 6. The number of amides is 2. The lowest BCUT2D eigenvalue weighted by molar-refractivity contribution is -0.131. The van der Waals surface area contributed by atoms with Gasteiger partial charge in [-0.1, -0.05) is 6.42 Å². The Kier molecular flexibility index (Phi) is 7.32. The molecule has 1 saturated carbocycles. The Labute approximate surface area is 140 Å². The molecule has 0 heterocycles. The van der Waals surface area contributed by atoms with Crippen molar-refractivity contribution in [1.29, 1.82) is 0 Å². The van der Waals surface area contributed by atoms with E-state index in [0.717, 1.165) is 19.3 Å². The fourth-order valence-electron chi connectivity index (χ4n) is 2.91. The van der Waals surface area contributed by atoms with Gasteiger partial charge in [-0.05, 0) is 53.4 Å². The van der Waals surface area contributed by atoms with Crippen molar-refractivity contribution in [1.82, 2.24) is 15.5 Å². The van der Waals surface area contributed by atoms with Gasteiger partial charge in [0.05, 0.1) is 6.04 Å². The largest absolute Gasteiger partial charge is 0.444 e. The highest BCUT2D eigenvalue weighted by molar-refractivity contribution is 5.81. The summed E-state index contributed by atoms with van der Waals surface area (Å²) in [6.45, 7) is 10.7. The third kappa shape index (κ3) is 6.77. The predicted molar refractivity (Wildman–Crippen MR) is 91.3 cm³/mol. The van der Waals surface area contributed by atoms with Crippen molar-refractivity contribution in [3.63, 3.8) is 0 Å². The molecule has 0 spiro atoms. The number of carbonyl (C=O) groups excluding carboxylic acids is 2. The van der Waals surface area contributed by atoms with Gasteiger partial charge in [0.25, 0.3) is 0 Å². The normalized spacial score (nSPS) is 22.5. The number of nitrogens with one attached hydrogen (secondary N) is 2. The first-order valence-electron chi connectivity index (χ1n) is 8.62. The average Bonchev–Trinajstić information content (AvgIpc) is 2.88. The minimum atomic E-state index is -0.483. The summed E-state index contributed by atoms with van der Waals surface area (Å²) in [5.41, 5.74) is -0.483. The van der Waals surface area contributed by atoms with E-state index in [-0.39, 0.29) is 24.1 Å². The predicted octanol–water partition coefficient (Wildman–Crippen LogP) is 2.14. The third-order valence-corrected chi connectivity index (χ3v) is 4.25. The summed E-state index contributed by atoms with van der Waals surface area (Å²) in [4.78, 5) is 25.7. The summed E-state index contributed by atoms with van der Waals surface area (Å²) in [5.74, 6) is 0.447. The van der Waals surface area contributed by atoms with Crippen LogP contribution in [0.25, 0.3) is 0 Å². The van der Waals surface area contributed by atoms with Gasteiger partial charge in [-0.25, -0.2) is 4.79 Å². The zero-order valence-electron chi connectivity index (χ0n) is 15.4. The Bertz CT molecular complexity index is 406. The summed E-state index contributed by atoms with van der Waals surface area (Å²) in [7, 11) is 1.82. The first kappa shape index (κ1) is 19.7. The molecule has 1 fully saturated rings. The second-order valence-corrected chi connectivity index (χ2v) is 7.42. The SMILES string of the molecule is CCN(C)C(=O)C(C)NC1CCCC1CNC(=O)OC(C)(C)C. The van der Waals surface area contributed by atoms with Gasteiger partial charge >= 0.3 is 6.09 Å². The van der Waals surface area contributed by atoms with Gasteiger partial charge in [0.2, 0.25) is 5.91 Å². The maximum Gasteiger partial charge on any atom is 0.407 e. The standard InChI is InChI=1S/C17H33N3O3/c1-7-20(6)15(21)12(2)19-14-10-8-9-13(14)11-18-16(22)23-17(3,4)5/h12-14,19H,7-11H2,1-6H3,(H,18,22). The molecule has 1 rings (SSSR count). The molecular formula is C17H33N3O3. The molecule has 3 atom stereocenters. The van der Waals surface area contributed by atoms with Crippen LogP contribution in [-0.2, 0) is 9.53 Å². The van der Waals surface area contributed by atoms with E-state index in [9.17, 15) is 9.59 Å². The fourth-order valence-corrected chi connectivity index (χ4v) is 2.91. The number of carbonyl (C=O) groups is 2. The maximum absolute atomic E-state index is 12.2. The lowest BCUT2D eigenvalue weighted by atomic mass is 10.0. The molecule has 0 aliphatic heterocycles. The summed E-state index contributed by atoms with van der Waals surface area (Å²) in [6, 6.07) is 0.0567. The van der Waals surface area contributed by atoms with Crippen molar-refractivity contribution < 1.29 is 14.3 Å². The highest BCUT2D eigenvalue weighted by Crippen LogP contribution is 2.25. The van der Waals surface area contributed by atoms with Crippen molar-refractivity contribution in [3.05, 3.63) is 0 Å². The van der Waals surface area contributed by atoms with Gasteiger partial charge in [-0.3, -0.25) is 4.79 Å². The van der Waals surface area contributed by atoms with E-state index in [2.05, 4.69) is 10.6 Å². The number of nitrogens with zero attached hydrogens (tertiary/aromatic N) is 1. The summed E-state index contributed by atoms with van der Waals surface area (Å²) < 4.78 is 5.27. The smallest absolute Gasteiger partial charge is 0.407 e. The number of likely N-dealkylation sites (N-methyl/N-ethyl adjacent to an activating group) is 1. The first-order chi connectivity index (χ1) is 10.6. The van der Waals surface area contributed by atoms with Crippen molar-refractivity contribution in [3.8, 4) is 0 Å². The van der Waals surface area contributed by atoms with Gasteiger partial charge < -0.3 is 20.3 Å². The molecule has 6 heteroatoms. The second kappa shape index (κ2) is 8.52. The van der Waals surface area contributed by atoms with E-state index in [0.29, 0.717) is 19.0 Å². The van der Waals surface area contributed by atoms with Crippen LogP contribution in [0.5, 0.6) is 0 Å². The van der Waals surface area contributed by atoms with Crippen LogP contribution < -0.4 is 10.6 Å². The van der Waals surface area contributed by atoms with E-state index in [1.165, 1.54) is 0 Å². The van der Waals surface area contributed by atoms with E-state index in [1.807, 2.05) is 41.7 Å². The first-order valence-corrected chi connectivity index (χ1v) is 8.62. The molecule has 0 bridgehead atoms. The zero-order valence-corrected chi connectivity index (χ0v) is 15.4. The minimum absolute atomic E-state index is 0.109. The summed E-state index contributed by atoms with van der Waals surface area (Å²) in [6.07, 6.45) is 2.83. The topological polar surface area (TPSA) is 70.7 Å². The molecule has 0 aromatic heterocycles. The van der Waals surface area contributed by atoms with Crippen molar-refractivity contribution in [2.45, 2.75) is 71.6 Å². The molecule has 1 aliphatic rings. The zero-order chi connectivity index (χ0) is 17.6. The second-order valence-electron chi connectivity index (χ2n) is 7.42. The van der Waals surface area contributed by atoms with Crippen LogP contribution in [-0.4, -0.2) is 54.7 Å². The molecule has 0 radical (unpaired) electrons. The van der Waals surface area contributed by atoms with Crippen molar-refractivity contribution in [2.24, 2.45) is 5.92 Å². The minimum Gasteiger partial charge on any atom is -0.444 e. The van der Waals surface area contributed by atoms with Crippen LogP contribution >= 0.6 is 0 Å². The molecule has 134 valence electrons. The van der Waals surface area contributed by atoms with Crippen LogP contribution in [0.15, 0.2) is 0 Å². The fraction of sp³-hybridized carbons (Fsp3) is 0.882. The Morgan fingerprint density at radius 1 is 1.30 bits per heavy atom. The molecule has 6 nitrogen and oxygen atoms in total. The van der Waals surface area contributed by atoms with E-state index in [1.54, 1.807) is 4.90 Å². The molecule has 0 aromatic rings. The van der Waals surface area contributed by atoms with Crippen LogP contribution in [0.3, 0.4) is 0 Å². The lowest BCUT2D eigenvalue weighted by Crippen LogP contribution is -2.49. The molecule has 0 aromatic carbocycles. The highest BCUT2D eigenvalue weighted by atomic mass is 16.6. The summed E-state index contributed by atoms with van der Waals surface area (Å²) in [5, 5.41) is 6.28. The molecule has 23 heavy (non-hydrogen) atoms. The monoisotopic (exact) mass is 327 g/mol. The quantitative estimate of drug-likeness (QED) is 0.784. The average molecular weight is 327 g/mol. The van der Waals surface area contributed by atoms with Crippen LogP contribution in [0.4, 0.5) is 4.79 Å². The maximum atomic E-state index is 12.2. The van der Waals surface area contributed by atoms with E-state index < -0.39 is 5.60 Å². The highest BCUT2D eigenvalue weighted by Gasteiger charge is 2.30. The van der Waals surface area contributed by atoms with Crippen LogP contribution in [0.1, 0.15) is 53.9 Å². The Morgan fingerprint density at radius 2 is 1.96 bits per heavy atom. The van der Waals surface area contributed by atoms with Gasteiger partial charge in [-0.15, -0.1) is 0 Å². The molecule has 1 aliphatic carbocycles. The Balaban J connectivity index is 2.45. The number of alkyl carbamates (subject to hydrolysis) is 1. The van der Waals surface area contributed by atoms with Gasteiger partial charge in [0.15, 0.2) is 0 Å². The van der Waals surface area contributed by atoms with Crippen LogP contribution in [0, 0.1) is 5.92 Å². The van der Waals surface area contributed by atoms with E-state index >= 15 is 0 Å². The Morgan fingerprint density at radius 3 is 2.52 bits per heavy atom. The van der Waals surface area contributed by atoms with Gasteiger partial charge in [0.1, 0.15) is 5.60 Å². The number of ether oxygens (including phenoxy) is 1. The molecule has 2 amide bonds. The summed E-state index contributed by atoms with van der Waals surface area (Å²) >= 11 is 0. The van der Waals surface area contributed by atoms with Crippen molar-refractivity contribution in [2.75, 3.05) is 20.1 Å². The van der Waals surface area contributed by atoms with Gasteiger partial charge in [0, 0.05) is 26.2 Å². The Hall–Kier alpha value is -1.30. The number of hydrogen-bond acceptors (Lipinski definition) is 4. The molecule has 0 saturated heterocycles. The third-order valence-electron chi connectivity index (χ3n) is 4.25. The van der Waals surface area contributed by atoms with Crippen molar-refractivity contribution >= 4 is 12.0 Å². The molecule has 2 N–H and O–H groups in total.